The summed E-state index contributed by atoms with van der Waals surface area (Å²) in [6.07, 6.45) is 3.72. The van der Waals surface area contributed by atoms with Crippen molar-refractivity contribution < 1.29 is 9.53 Å². The number of piperidine rings is 1. The van der Waals surface area contributed by atoms with Gasteiger partial charge in [0, 0.05) is 57.1 Å². The third-order valence-electron chi connectivity index (χ3n) is 7.93. The first-order valence-electron chi connectivity index (χ1n) is 13.7. The average Bonchev–Trinajstić information content (AvgIpc) is 3.42. The Morgan fingerprint density at radius 3 is 2.50 bits per heavy atom. The fourth-order valence-corrected chi connectivity index (χ4v) is 5.64. The molecule has 2 saturated heterocycles. The summed E-state index contributed by atoms with van der Waals surface area (Å²) in [7, 11) is 3.54. The fraction of sp³-hybridized carbons (Fsp3) is 0.367. The maximum Gasteiger partial charge on any atom is 0.241 e. The van der Waals surface area contributed by atoms with Crippen molar-refractivity contribution >= 4 is 40.0 Å². The van der Waals surface area contributed by atoms with E-state index in [2.05, 4.69) is 37.2 Å². The van der Waals surface area contributed by atoms with Crippen LogP contribution in [0.15, 0.2) is 54.7 Å². The third-order valence-corrected chi connectivity index (χ3v) is 8.22. The number of rotatable bonds is 7. The molecule has 208 valence electrons. The van der Waals surface area contributed by atoms with Crippen LogP contribution < -0.4 is 15.0 Å². The second-order valence-corrected chi connectivity index (χ2v) is 11.0. The normalized spacial score (nSPS) is 17.0. The zero-order valence-electron chi connectivity index (χ0n) is 22.9. The third kappa shape index (κ3) is 5.57. The molecule has 2 aliphatic heterocycles. The van der Waals surface area contributed by atoms with E-state index < -0.39 is 0 Å². The lowest BCUT2D eigenvalue weighted by molar-refractivity contribution is -0.129. The monoisotopic (exact) mass is 559 g/mol. The van der Waals surface area contributed by atoms with Gasteiger partial charge in [-0.25, -0.2) is 9.97 Å². The Bertz CT molecular complexity index is 1480. The molecule has 0 radical (unpaired) electrons. The summed E-state index contributed by atoms with van der Waals surface area (Å²) < 4.78 is 5.27. The molecule has 0 aliphatic carbocycles. The van der Waals surface area contributed by atoms with E-state index in [0.29, 0.717) is 23.3 Å². The zero-order chi connectivity index (χ0) is 27.6. The predicted octanol–water partition coefficient (Wildman–Crippen LogP) is 4.64. The standard InChI is InChI=1S/C30H34ClN7O2/c1-36-15-16-38(19-26(36)39)23-7-5-21(6-8-23)29-34-28-27(25(31)17-32-30(28)35-29)33-22-11-13-37(14-12-22)18-20-3-9-24(40-2)10-4-20/h3-10,17,22H,11-16,18-19H2,1-2H3,(H2,32,33,34,35). The van der Waals surface area contributed by atoms with E-state index in [0.717, 1.165) is 79.6 Å². The molecule has 0 atom stereocenters. The van der Waals surface area contributed by atoms with Crippen molar-refractivity contribution in [2.75, 3.05) is 57.1 Å². The Morgan fingerprint density at radius 1 is 1.05 bits per heavy atom. The second-order valence-electron chi connectivity index (χ2n) is 10.6. The average molecular weight is 560 g/mol. The number of ether oxygens (including phenoxy) is 1. The SMILES string of the molecule is COc1ccc(CN2CCC(Nc3c(Cl)cnc4[nH]c(-c5ccc(N6CCN(C)C(=O)C6)cc5)nc34)CC2)cc1. The van der Waals surface area contributed by atoms with Crippen molar-refractivity contribution in [2.24, 2.45) is 0 Å². The van der Waals surface area contributed by atoms with Gasteiger partial charge in [-0.3, -0.25) is 9.69 Å². The summed E-state index contributed by atoms with van der Waals surface area (Å²) in [5.74, 6) is 1.76. The van der Waals surface area contributed by atoms with Gasteiger partial charge in [0.25, 0.3) is 0 Å². The number of nitrogens with one attached hydrogen (secondary N) is 2. The Balaban J connectivity index is 1.12. The minimum atomic E-state index is 0.138. The van der Waals surface area contributed by atoms with Gasteiger partial charge >= 0.3 is 0 Å². The molecule has 0 saturated carbocycles. The number of amides is 1. The minimum absolute atomic E-state index is 0.138. The van der Waals surface area contributed by atoms with Crippen molar-refractivity contribution in [1.29, 1.82) is 0 Å². The molecule has 40 heavy (non-hydrogen) atoms. The Kier molecular flexibility index (Phi) is 7.49. The number of H-pyrrole nitrogens is 1. The van der Waals surface area contributed by atoms with Crippen molar-refractivity contribution in [2.45, 2.75) is 25.4 Å². The molecule has 4 aromatic rings. The fourth-order valence-electron chi connectivity index (χ4n) is 5.44. The van der Waals surface area contributed by atoms with Crippen molar-refractivity contribution in [3.05, 3.63) is 65.3 Å². The number of piperazine rings is 1. The van der Waals surface area contributed by atoms with Gasteiger partial charge in [-0.1, -0.05) is 23.7 Å². The molecule has 2 aromatic carbocycles. The van der Waals surface area contributed by atoms with Gasteiger partial charge in [0.05, 0.1) is 30.6 Å². The number of benzene rings is 2. The molecule has 1 amide bonds. The first kappa shape index (κ1) is 26.4. The maximum absolute atomic E-state index is 12.1. The molecule has 2 fully saturated rings. The number of anilines is 2. The van der Waals surface area contributed by atoms with Gasteiger partial charge in [0.1, 0.15) is 17.1 Å². The van der Waals surface area contributed by atoms with Crippen molar-refractivity contribution in [3.8, 4) is 17.1 Å². The number of aromatic amines is 1. The quantitative estimate of drug-likeness (QED) is 0.341. The molecule has 10 heteroatoms. The Morgan fingerprint density at radius 2 is 1.80 bits per heavy atom. The summed E-state index contributed by atoms with van der Waals surface area (Å²) >= 11 is 6.63. The maximum atomic E-state index is 12.1. The number of aromatic nitrogens is 3. The number of pyridine rings is 1. The van der Waals surface area contributed by atoms with E-state index in [4.69, 9.17) is 21.3 Å². The molecule has 6 rings (SSSR count). The number of halogens is 1. The molecule has 4 heterocycles. The molecule has 2 aromatic heterocycles. The van der Waals surface area contributed by atoms with Crippen LogP contribution in [0.25, 0.3) is 22.6 Å². The van der Waals surface area contributed by atoms with Gasteiger partial charge < -0.3 is 24.8 Å². The highest BCUT2D eigenvalue weighted by Crippen LogP contribution is 2.33. The van der Waals surface area contributed by atoms with Crippen molar-refractivity contribution in [3.63, 3.8) is 0 Å². The van der Waals surface area contributed by atoms with Crippen LogP contribution in [0, 0.1) is 0 Å². The molecule has 0 spiro atoms. The summed E-state index contributed by atoms with van der Waals surface area (Å²) in [6.45, 7) is 4.90. The van der Waals surface area contributed by atoms with E-state index in [1.165, 1.54) is 5.56 Å². The number of hydrogen-bond acceptors (Lipinski definition) is 7. The lowest BCUT2D eigenvalue weighted by Gasteiger charge is -2.33. The van der Waals surface area contributed by atoms with E-state index in [9.17, 15) is 4.79 Å². The van der Waals surface area contributed by atoms with Crippen LogP contribution in [0.4, 0.5) is 11.4 Å². The van der Waals surface area contributed by atoms with Crippen LogP contribution in [0.2, 0.25) is 5.02 Å². The summed E-state index contributed by atoms with van der Waals surface area (Å²) in [5.41, 5.74) is 5.55. The highest BCUT2D eigenvalue weighted by Gasteiger charge is 2.23. The van der Waals surface area contributed by atoms with Gasteiger partial charge in [0.2, 0.25) is 5.91 Å². The number of hydrogen-bond donors (Lipinski definition) is 2. The number of carbonyl (C=O) groups is 1. The Hall–Kier alpha value is -3.82. The molecule has 2 N–H and O–H groups in total. The topological polar surface area (TPSA) is 89.6 Å². The van der Waals surface area contributed by atoms with E-state index >= 15 is 0 Å². The highest BCUT2D eigenvalue weighted by molar-refractivity contribution is 6.34. The first-order valence-corrected chi connectivity index (χ1v) is 14.1. The van der Waals surface area contributed by atoms with Crippen LogP contribution in [0.3, 0.4) is 0 Å². The predicted molar refractivity (Wildman–Crippen MR) is 159 cm³/mol. The number of fused-ring (bicyclic) bond motifs is 1. The number of carbonyl (C=O) groups excluding carboxylic acids is 1. The molecular weight excluding hydrogens is 526 g/mol. The van der Waals surface area contributed by atoms with E-state index in [1.807, 2.05) is 43.4 Å². The van der Waals surface area contributed by atoms with Crippen LogP contribution in [-0.2, 0) is 11.3 Å². The minimum Gasteiger partial charge on any atom is -0.497 e. The number of imidazole rings is 1. The Labute approximate surface area is 239 Å². The second kappa shape index (κ2) is 11.3. The lowest BCUT2D eigenvalue weighted by atomic mass is 10.0. The number of methoxy groups -OCH3 is 1. The van der Waals surface area contributed by atoms with Gasteiger partial charge in [-0.2, -0.15) is 0 Å². The number of likely N-dealkylation sites (tertiary alicyclic amines) is 1. The molecular formula is C30H34ClN7O2. The smallest absolute Gasteiger partial charge is 0.241 e. The summed E-state index contributed by atoms with van der Waals surface area (Å²) in [5, 5.41) is 4.25. The van der Waals surface area contributed by atoms with Gasteiger partial charge in [-0.15, -0.1) is 0 Å². The molecule has 0 unspecified atom stereocenters. The van der Waals surface area contributed by atoms with Crippen molar-refractivity contribution in [1.82, 2.24) is 24.8 Å². The van der Waals surface area contributed by atoms with Gasteiger partial charge in [-0.05, 0) is 54.8 Å². The summed E-state index contributed by atoms with van der Waals surface area (Å²) in [4.78, 5) is 31.2. The van der Waals surface area contributed by atoms with Crippen LogP contribution in [0.1, 0.15) is 18.4 Å². The highest BCUT2D eigenvalue weighted by atomic mass is 35.5. The van der Waals surface area contributed by atoms with E-state index in [-0.39, 0.29) is 5.91 Å². The van der Waals surface area contributed by atoms with Crippen LogP contribution >= 0.6 is 11.6 Å². The largest absolute Gasteiger partial charge is 0.497 e. The molecule has 2 aliphatic rings. The molecule has 0 bridgehead atoms. The van der Waals surface area contributed by atoms with Crippen LogP contribution in [-0.4, -0.2) is 83.6 Å². The number of nitrogens with zero attached hydrogens (tertiary/aromatic N) is 5. The molecule has 9 nitrogen and oxygen atoms in total. The summed E-state index contributed by atoms with van der Waals surface area (Å²) in [6, 6.07) is 16.7. The van der Waals surface area contributed by atoms with Crippen LogP contribution in [0.5, 0.6) is 5.75 Å². The van der Waals surface area contributed by atoms with E-state index in [1.54, 1.807) is 18.2 Å². The zero-order valence-corrected chi connectivity index (χ0v) is 23.6. The van der Waals surface area contributed by atoms with Gasteiger partial charge in [0.15, 0.2) is 5.65 Å². The lowest BCUT2D eigenvalue weighted by Crippen LogP contribution is -2.48. The number of likely N-dealkylation sites (N-methyl/N-ethyl adjacent to an activating group) is 1. The first-order chi connectivity index (χ1) is 19.5.